The number of nitrogens with zero attached hydrogens (tertiary/aromatic N) is 1. The number of ketones is 1. The number of hydrogen-bond donors (Lipinski definition) is 2. The van der Waals surface area contributed by atoms with Crippen molar-refractivity contribution in [3.63, 3.8) is 0 Å². The van der Waals surface area contributed by atoms with Gasteiger partial charge in [0.1, 0.15) is 5.82 Å². The predicted octanol–water partition coefficient (Wildman–Crippen LogP) is 3.83. The third-order valence-corrected chi connectivity index (χ3v) is 4.99. The zero-order valence-corrected chi connectivity index (χ0v) is 16.9. The smallest absolute Gasteiger partial charge is 0.218 e. The second-order valence-corrected chi connectivity index (χ2v) is 7.36. The molecule has 2 atom stereocenters. The van der Waals surface area contributed by atoms with Crippen LogP contribution in [0.3, 0.4) is 0 Å². The Balaban J connectivity index is 0.00000280. The molecule has 2 aromatic rings. The third-order valence-electron chi connectivity index (χ3n) is 4.67. The van der Waals surface area contributed by atoms with Crippen LogP contribution in [0.15, 0.2) is 36.7 Å². The summed E-state index contributed by atoms with van der Waals surface area (Å²) >= 11 is 6.16. The largest absolute Gasteiger partial charge is 0.370 e. The fourth-order valence-electron chi connectivity index (χ4n) is 3.23. The lowest BCUT2D eigenvalue weighted by atomic mass is 9.95. The van der Waals surface area contributed by atoms with Gasteiger partial charge in [0.25, 0.3) is 0 Å². The maximum absolute atomic E-state index is 15.4. The summed E-state index contributed by atoms with van der Waals surface area (Å²) in [6.07, 6.45) is 4.98. The van der Waals surface area contributed by atoms with Gasteiger partial charge in [0.15, 0.2) is 5.78 Å². The summed E-state index contributed by atoms with van der Waals surface area (Å²) in [5.74, 6) is -1.31. The summed E-state index contributed by atoms with van der Waals surface area (Å²) in [6, 6.07) is 5.81. The number of benzene rings is 1. The molecule has 1 aromatic carbocycles. The molecule has 150 valence electrons. The molecule has 0 bridgehead atoms. The third kappa shape index (κ3) is 5.07. The highest BCUT2D eigenvalue weighted by Crippen LogP contribution is 2.43. The fourth-order valence-corrected chi connectivity index (χ4v) is 3.47. The zero-order chi connectivity index (χ0) is 19.6. The van der Waals surface area contributed by atoms with E-state index in [1.807, 2.05) is 6.92 Å². The molecule has 28 heavy (non-hydrogen) atoms. The van der Waals surface area contributed by atoms with E-state index < -0.39 is 17.5 Å². The fraction of sp³-hybridized carbons (Fsp3) is 0.350. The van der Waals surface area contributed by atoms with E-state index in [-0.39, 0.29) is 53.0 Å². The average Bonchev–Trinajstić information content (AvgIpc) is 3.45. The van der Waals surface area contributed by atoms with E-state index in [2.05, 4.69) is 10.3 Å². The van der Waals surface area contributed by atoms with E-state index in [0.717, 1.165) is 12.8 Å². The van der Waals surface area contributed by atoms with Crippen molar-refractivity contribution in [3.8, 4) is 0 Å². The molecule has 1 fully saturated rings. The van der Waals surface area contributed by atoms with Gasteiger partial charge in [0.2, 0.25) is 5.91 Å². The van der Waals surface area contributed by atoms with Crippen molar-refractivity contribution in [2.24, 2.45) is 11.7 Å². The van der Waals surface area contributed by atoms with Crippen molar-refractivity contribution in [2.75, 3.05) is 0 Å². The van der Waals surface area contributed by atoms with Crippen LogP contribution >= 0.6 is 24.0 Å². The summed E-state index contributed by atoms with van der Waals surface area (Å²) < 4.78 is 15.4. The first-order valence-corrected chi connectivity index (χ1v) is 9.23. The van der Waals surface area contributed by atoms with Crippen molar-refractivity contribution in [3.05, 3.63) is 64.2 Å². The van der Waals surface area contributed by atoms with Gasteiger partial charge in [0, 0.05) is 42.0 Å². The minimum absolute atomic E-state index is 0. The highest BCUT2D eigenvalue weighted by atomic mass is 35.5. The first-order valence-electron chi connectivity index (χ1n) is 8.85. The molecular weight excluding hydrogens is 404 g/mol. The second-order valence-electron chi connectivity index (χ2n) is 6.95. The number of rotatable bonds is 8. The first kappa shape index (κ1) is 22.3. The van der Waals surface area contributed by atoms with Gasteiger partial charge in [-0.15, -0.1) is 12.4 Å². The predicted molar refractivity (Wildman–Crippen MR) is 108 cm³/mol. The van der Waals surface area contributed by atoms with Crippen molar-refractivity contribution in [2.45, 2.75) is 38.3 Å². The lowest BCUT2D eigenvalue weighted by Crippen LogP contribution is -2.35. The molecular formula is C20H22Cl2FN3O2. The highest BCUT2D eigenvalue weighted by molar-refractivity contribution is 6.35. The molecule has 0 radical (unpaired) electrons. The zero-order valence-electron chi connectivity index (χ0n) is 15.3. The summed E-state index contributed by atoms with van der Waals surface area (Å²) in [5, 5.41) is 3.35. The Kier molecular flexibility index (Phi) is 7.52. The molecule has 5 nitrogen and oxygen atoms in total. The van der Waals surface area contributed by atoms with Crippen molar-refractivity contribution in [1.82, 2.24) is 10.3 Å². The Morgan fingerprint density at radius 2 is 2.07 bits per heavy atom. The summed E-state index contributed by atoms with van der Waals surface area (Å²) in [4.78, 5) is 27.8. The number of carbonyl (C=O) groups excluding carboxylic acids is 2. The summed E-state index contributed by atoms with van der Waals surface area (Å²) in [5.41, 5.74) is 5.75. The number of pyridine rings is 1. The lowest BCUT2D eigenvalue weighted by molar-refractivity contribution is -0.118. The minimum Gasteiger partial charge on any atom is -0.370 e. The molecule has 1 heterocycles. The normalized spacial score (nSPS) is 15.4. The quantitative estimate of drug-likeness (QED) is 0.629. The maximum Gasteiger partial charge on any atom is 0.218 e. The number of carbonyl (C=O) groups is 2. The molecule has 0 unspecified atom stereocenters. The van der Waals surface area contributed by atoms with Crippen LogP contribution in [-0.4, -0.2) is 22.7 Å². The van der Waals surface area contributed by atoms with Gasteiger partial charge >= 0.3 is 0 Å². The van der Waals surface area contributed by atoms with E-state index in [1.54, 1.807) is 30.5 Å². The standard InChI is InChI=1S/C20H21ClFN3O2.ClH/c1-11(9-16(23)26)25-19(12-4-5-12)14-6-7-15(21)17(18(14)22)20(27)13-3-2-8-24-10-13;/h2-3,6-8,10-12,19,25H,4-5,9H2,1H3,(H2,23,26);1H/t11-,19-;/m1./s1. The van der Waals surface area contributed by atoms with Gasteiger partial charge in [-0.05, 0) is 43.9 Å². The number of halogens is 3. The van der Waals surface area contributed by atoms with Crippen LogP contribution in [-0.2, 0) is 4.79 Å². The van der Waals surface area contributed by atoms with Crippen LogP contribution in [0.4, 0.5) is 4.39 Å². The van der Waals surface area contributed by atoms with Crippen molar-refractivity contribution >= 4 is 35.7 Å². The molecule has 0 saturated heterocycles. The topological polar surface area (TPSA) is 85.1 Å². The molecule has 8 heteroatoms. The number of amides is 1. The van der Waals surface area contributed by atoms with Gasteiger partial charge in [0.05, 0.1) is 10.6 Å². The molecule has 0 spiro atoms. The van der Waals surface area contributed by atoms with Crippen LogP contribution in [0.1, 0.15) is 53.7 Å². The number of nitrogens with one attached hydrogen (secondary N) is 1. The number of hydrogen-bond acceptors (Lipinski definition) is 4. The second kappa shape index (κ2) is 9.45. The monoisotopic (exact) mass is 425 g/mol. The van der Waals surface area contributed by atoms with E-state index in [1.165, 1.54) is 6.20 Å². The molecule has 3 N–H and O–H groups in total. The molecule has 1 aliphatic carbocycles. The number of primary amides is 1. The number of aromatic nitrogens is 1. The van der Waals surface area contributed by atoms with E-state index in [4.69, 9.17) is 17.3 Å². The van der Waals surface area contributed by atoms with Crippen molar-refractivity contribution < 1.29 is 14.0 Å². The maximum atomic E-state index is 15.4. The van der Waals surface area contributed by atoms with Crippen LogP contribution < -0.4 is 11.1 Å². The Bertz CT molecular complexity index is 860. The highest BCUT2D eigenvalue weighted by Gasteiger charge is 2.36. The van der Waals surface area contributed by atoms with E-state index in [9.17, 15) is 9.59 Å². The van der Waals surface area contributed by atoms with Crippen LogP contribution in [0.2, 0.25) is 5.02 Å². The minimum atomic E-state index is -0.632. The first-order chi connectivity index (χ1) is 12.9. The van der Waals surface area contributed by atoms with Gasteiger partial charge in [-0.2, -0.15) is 0 Å². The average molecular weight is 426 g/mol. The molecule has 1 aromatic heterocycles. The van der Waals surface area contributed by atoms with Crippen LogP contribution in [0, 0.1) is 11.7 Å². The van der Waals surface area contributed by atoms with Gasteiger partial charge in [-0.3, -0.25) is 14.6 Å². The van der Waals surface area contributed by atoms with Crippen LogP contribution in [0.25, 0.3) is 0 Å². The molecule has 1 amide bonds. The Labute approximate surface area is 174 Å². The van der Waals surface area contributed by atoms with Gasteiger partial charge in [-0.25, -0.2) is 4.39 Å². The van der Waals surface area contributed by atoms with Crippen molar-refractivity contribution in [1.29, 1.82) is 0 Å². The molecule has 1 saturated carbocycles. The van der Waals surface area contributed by atoms with Gasteiger partial charge in [-0.1, -0.05) is 17.7 Å². The molecule has 0 aliphatic heterocycles. The summed E-state index contributed by atoms with van der Waals surface area (Å²) in [6.45, 7) is 1.83. The lowest BCUT2D eigenvalue weighted by Gasteiger charge is -2.24. The molecule has 1 aliphatic rings. The van der Waals surface area contributed by atoms with Gasteiger partial charge < -0.3 is 11.1 Å². The number of nitrogens with two attached hydrogens (primary N) is 1. The van der Waals surface area contributed by atoms with E-state index in [0.29, 0.717) is 5.56 Å². The SMILES string of the molecule is C[C@H](CC(N)=O)N[C@@H](c1ccc(Cl)c(C(=O)c2cccnc2)c1F)C1CC1.Cl. The Morgan fingerprint density at radius 1 is 1.36 bits per heavy atom. The van der Waals surface area contributed by atoms with Crippen LogP contribution in [0.5, 0.6) is 0 Å². The summed E-state index contributed by atoms with van der Waals surface area (Å²) in [7, 11) is 0. The van der Waals surface area contributed by atoms with E-state index >= 15 is 4.39 Å². The Morgan fingerprint density at radius 3 is 2.64 bits per heavy atom. The Hall–Kier alpha value is -2.02. The molecule has 3 rings (SSSR count).